The lowest BCUT2D eigenvalue weighted by Crippen LogP contribution is -2.75. The quantitative estimate of drug-likeness (QED) is 0.0847. The number of ether oxygens (including phenoxy) is 1. The van der Waals surface area contributed by atoms with E-state index in [0.717, 1.165) is 18.4 Å². The monoisotopic (exact) mass is 545 g/mol. The molecule has 182 valence electrons. The number of anilines is 1. The smallest absolute Gasteiger partial charge is 0.362 e. The van der Waals surface area contributed by atoms with Crippen molar-refractivity contribution >= 4 is 79.4 Å². The molecule has 3 amide bonds. The van der Waals surface area contributed by atoms with Crippen LogP contribution in [0.3, 0.4) is 0 Å². The molecule has 1 aromatic rings. The van der Waals surface area contributed by atoms with E-state index in [9.17, 15) is 32.1 Å². The van der Waals surface area contributed by atoms with Crippen LogP contribution < -0.4 is 10.6 Å². The summed E-state index contributed by atoms with van der Waals surface area (Å²) >= 11 is 11.7. The molecular formula is C15H17Cl2N5O9S2. The average Bonchev–Trinajstić information content (AvgIpc) is 3.19. The van der Waals surface area contributed by atoms with Crippen molar-refractivity contribution in [3.8, 4) is 0 Å². The van der Waals surface area contributed by atoms with Gasteiger partial charge in [-0.05, 0) is 6.92 Å². The standard InChI is InChI=1S/C15H17Cl2N5O9S2/c1-6(31-9(24)4-17)12-11(14(26)22(12)33(27,28)29)20-13(25)10(21-30-2)7-5-32-15(18-7)19-8(23)3-16/h5-6,11-12H,3-4H2,1-2H3,(H,20,25)(H,18,19,23)(H,27,28,29)/b21-10-/t6?,11-,12+/m1/s1. The van der Waals surface area contributed by atoms with E-state index in [1.807, 2.05) is 0 Å². The number of halogens is 2. The van der Waals surface area contributed by atoms with Crippen molar-refractivity contribution in [2.45, 2.75) is 25.1 Å². The number of β-lactam (4-membered cyclic amide) rings is 1. The first-order chi connectivity index (χ1) is 15.4. The van der Waals surface area contributed by atoms with Crippen LogP contribution >= 0.6 is 34.5 Å². The van der Waals surface area contributed by atoms with E-state index in [0.29, 0.717) is 0 Å². The second-order valence-electron chi connectivity index (χ2n) is 6.22. The lowest BCUT2D eigenvalue weighted by molar-refractivity contribution is -0.161. The Kier molecular flexibility index (Phi) is 8.96. The first kappa shape index (κ1) is 26.7. The maximum Gasteiger partial charge on any atom is 0.362 e. The summed E-state index contributed by atoms with van der Waals surface area (Å²) in [5, 5.41) is 9.65. The van der Waals surface area contributed by atoms with Gasteiger partial charge in [0.2, 0.25) is 5.91 Å². The van der Waals surface area contributed by atoms with Gasteiger partial charge in [0.05, 0.1) is 0 Å². The van der Waals surface area contributed by atoms with Crippen LogP contribution in [-0.2, 0) is 39.1 Å². The summed E-state index contributed by atoms with van der Waals surface area (Å²) < 4.78 is 37.5. The average molecular weight is 546 g/mol. The lowest BCUT2D eigenvalue weighted by Gasteiger charge is -2.46. The number of carbonyl (C=O) groups is 4. The third kappa shape index (κ3) is 6.29. The van der Waals surface area contributed by atoms with Crippen LogP contribution in [0, 0.1) is 0 Å². The summed E-state index contributed by atoms with van der Waals surface area (Å²) in [5.74, 6) is -4.52. The Balaban J connectivity index is 2.26. The number of hydrogen-bond donors (Lipinski definition) is 3. The van der Waals surface area contributed by atoms with Gasteiger partial charge in [-0.15, -0.1) is 34.5 Å². The third-order valence-electron chi connectivity index (χ3n) is 4.05. The summed E-state index contributed by atoms with van der Waals surface area (Å²) in [6.45, 7) is 1.25. The first-order valence-corrected chi connectivity index (χ1v) is 12.1. The zero-order valence-electron chi connectivity index (χ0n) is 16.9. The van der Waals surface area contributed by atoms with Gasteiger partial charge in [0.1, 0.15) is 42.8 Å². The predicted molar refractivity (Wildman–Crippen MR) is 115 cm³/mol. The van der Waals surface area contributed by atoms with Crippen LogP contribution in [0.2, 0.25) is 0 Å². The molecule has 1 saturated heterocycles. The normalized spacial score (nSPS) is 19.4. The molecule has 1 aliphatic heterocycles. The Morgan fingerprint density at radius 3 is 2.58 bits per heavy atom. The second-order valence-corrected chi connectivity index (χ2v) is 8.91. The van der Waals surface area contributed by atoms with Gasteiger partial charge in [0, 0.05) is 5.38 Å². The summed E-state index contributed by atoms with van der Waals surface area (Å²) in [6, 6.07) is -2.99. The van der Waals surface area contributed by atoms with E-state index < -0.39 is 63.8 Å². The number of esters is 1. The number of thiazole rings is 1. The van der Waals surface area contributed by atoms with Crippen LogP contribution in [-0.4, -0.2) is 88.7 Å². The van der Waals surface area contributed by atoms with Crippen molar-refractivity contribution in [1.29, 1.82) is 0 Å². The molecule has 1 fully saturated rings. The number of alkyl halides is 2. The second kappa shape index (κ2) is 11.1. The van der Waals surface area contributed by atoms with E-state index in [1.54, 1.807) is 0 Å². The van der Waals surface area contributed by atoms with Crippen LogP contribution in [0.4, 0.5) is 5.13 Å². The minimum Gasteiger partial charge on any atom is -0.459 e. The molecule has 0 saturated carbocycles. The Hall–Kier alpha value is -2.53. The molecule has 1 aromatic heterocycles. The maximum atomic E-state index is 12.8. The Labute approximate surface area is 201 Å². The van der Waals surface area contributed by atoms with Gasteiger partial charge in [-0.3, -0.25) is 23.7 Å². The summed E-state index contributed by atoms with van der Waals surface area (Å²) in [4.78, 5) is 56.7. The number of nitrogens with one attached hydrogen (secondary N) is 2. The molecule has 0 aliphatic carbocycles. The summed E-state index contributed by atoms with van der Waals surface area (Å²) in [7, 11) is -3.88. The molecule has 0 bridgehead atoms. The number of oxime groups is 1. The Bertz CT molecular complexity index is 1080. The van der Waals surface area contributed by atoms with E-state index in [4.69, 9.17) is 27.9 Å². The lowest BCUT2D eigenvalue weighted by atomic mass is 9.93. The zero-order valence-corrected chi connectivity index (χ0v) is 20.0. The fraction of sp³-hybridized carbons (Fsp3) is 0.467. The number of hydrogen-bond acceptors (Lipinski definition) is 11. The largest absolute Gasteiger partial charge is 0.459 e. The number of rotatable bonds is 10. The molecule has 3 N–H and O–H groups in total. The van der Waals surface area contributed by atoms with Crippen LogP contribution in [0.15, 0.2) is 10.5 Å². The van der Waals surface area contributed by atoms with Gasteiger partial charge in [0.15, 0.2) is 10.8 Å². The fourth-order valence-corrected chi connectivity index (χ4v) is 4.55. The van der Waals surface area contributed by atoms with Gasteiger partial charge in [-0.2, -0.15) is 8.42 Å². The SMILES string of the molecule is CO/N=C(\C(=O)N[C@H]1C(=O)N(S(=O)(=O)O)[C@H]1C(C)OC(=O)CCl)c1csc(NC(=O)CCl)n1. The van der Waals surface area contributed by atoms with E-state index in [1.165, 1.54) is 12.3 Å². The zero-order chi connectivity index (χ0) is 24.9. The van der Waals surface area contributed by atoms with Crippen molar-refractivity contribution < 1.29 is 41.7 Å². The molecular weight excluding hydrogens is 529 g/mol. The molecule has 0 spiro atoms. The molecule has 18 heteroatoms. The van der Waals surface area contributed by atoms with Crippen molar-refractivity contribution in [3.63, 3.8) is 0 Å². The van der Waals surface area contributed by atoms with Gasteiger partial charge >= 0.3 is 16.3 Å². The molecule has 33 heavy (non-hydrogen) atoms. The molecule has 2 heterocycles. The van der Waals surface area contributed by atoms with Crippen LogP contribution in [0.25, 0.3) is 0 Å². The number of amides is 3. The van der Waals surface area contributed by atoms with Crippen LogP contribution in [0.1, 0.15) is 12.6 Å². The van der Waals surface area contributed by atoms with E-state index >= 15 is 0 Å². The molecule has 2 rings (SSSR count). The third-order valence-corrected chi connectivity index (χ3v) is 6.19. The van der Waals surface area contributed by atoms with E-state index in [-0.39, 0.29) is 21.0 Å². The predicted octanol–water partition coefficient (Wildman–Crippen LogP) is -0.660. The molecule has 3 atom stereocenters. The summed E-state index contributed by atoms with van der Waals surface area (Å²) in [5.41, 5.74) is -0.455. The summed E-state index contributed by atoms with van der Waals surface area (Å²) in [6.07, 6.45) is -1.28. The van der Waals surface area contributed by atoms with Gasteiger partial charge < -0.3 is 20.2 Å². The van der Waals surface area contributed by atoms with Gasteiger partial charge in [-0.1, -0.05) is 5.16 Å². The highest BCUT2D eigenvalue weighted by atomic mass is 35.5. The van der Waals surface area contributed by atoms with Crippen LogP contribution in [0.5, 0.6) is 0 Å². The molecule has 0 aromatic carbocycles. The number of carbonyl (C=O) groups excluding carboxylic acids is 4. The van der Waals surface area contributed by atoms with Crippen molar-refractivity contribution in [2.75, 3.05) is 24.2 Å². The number of nitrogens with zero attached hydrogens (tertiary/aromatic N) is 3. The topological polar surface area (TPSA) is 194 Å². The van der Waals surface area contributed by atoms with E-state index in [2.05, 4.69) is 25.6 Å². The fourth-order valence-electron chi connectivity index (χ4n) is 2.77. The van der Waals surface area contributed by atoms with Crippen molar-refractivity contribution in [2.24, 2.45) is 5.16 Å². The maximum absolute atomic E-state index is 12.8. The minimum atomic E-state index is -5.02. The van der Waals surface area contributed by atoms with Crippen molar-refractivity contribution in [1.82, 2.24) is 14.6 Å². The molecule has 14 nitrogen and oxygen atoms in total. The Morgan fingerprint density at radius 1 is 1.36 bits per heavy atom. The van der Waals surface area contributed by atoms with Gasteiger partial charge in [-0.25, -0.2) is 9.29 Å². The Morgan fingerprint density at radius 2 is 2.03 bits per heavy atom. The minimum absolute atomic E-state index is 0.0409. The first-order valence-electron chi connectivity index (χ1n) is 8.74. The highest BCUT2D eigenvalue weighted by molar-refractivity contribution is 7.84. The van der Waals surface area contributed by atoms with Crippen molar-refractivity contribution in [3.05, 3.63) is 11.1 Å². The molecule has 1 aliphatic rings. The highest BCUT2D eigenvalue weighted by Crippen LogP contribution is 2.28. The highest BCUT2D eigenvalue weighted by Gasteiger charge is 2.57. The molecule has 1 unspecified atom stereocenters. The number of aromatic nitrogens is 1. The molecule has 0 radical (unpaired) electrons. The van der Waals surface area contributed by atoms with Gasteiger partial charge in [0.25, 0.3) is 11.8 Å².